The molecule has 0 aromatic heterocycles. The number of anilines is 1. The summed E-state index contributed by atoms with van der Waals surface area (Å²) in [4.78, 5) is 24.9. The molecule has 1 fully saturated rings. The number of aromatic hydroxyl groups is 1. The third kappa shape index (κ3) is 3.85. The van der Waals surface area contributed by atoms with E-state index in [0.717, 1.165) is 0 Å². The van der Waals surface area contributed by atoms with E-state index in [-0.39, 0.29) is 17.4 Å². The predicted molar refractivity (Wildman–Crippen MR) is 103 cm³/mol. The van der Waals surface area contributed by atoms with Gasteiger partial charge < -0.3 is 30.5 Å². The Kier molecular flexibility index (Phi) is 5.39. The Bertz CT molecular complexity index is 911. The molecule has 0 unspecified atom stereocenters. The number of urea groups is 1. The van der Waals surface area contributed by atoms with Gasteiger partial charge in [-0.3, -0.25) is 4.79 Å². The van der Waals surface area contributed by atoms with Gasteiger partial charge in [0.1, 0.15) is 11.7 Å². The quantitative estimate of drug-likeness (QED) is 0.634. The fourth-order valence-corrected chi connectivity index (χ4v) is 3.07. The second-order valence-corrected chi connectivity index (χ2v) is 6.23. The molecule has 28 heavy (non-hydrogen) atoms. The highest BCUT2D eigenvalue weighted by atomic mass is 16.5. The van der Waals surface area contributed by atoms with Crippen molar-refractivity contribution in [2.75, 3.05) is 19.5 Å². The van der Waals surface area contributed by atoms with Gasteiger partial charge in [-0.05, 0) is 42.0 Å². The molecule has 2 aromatic carbocycles. The number of phenols is 1. The van der Waals surface area contributed by atoms with Gasteiger partial charge in [-0.25, -0.2) is 4.79 Å². The van der Waals surface area contributed by atoms with E-state index >= 15 is 0 Å². The summed E-state index contributed by atoms with van der Waals surface area (Å²) in [6, 6.07) is 10.4. The number of rotatable bonds is 5. The Balaban J connectivity index is 1.88. The fraction of sp³-hybridized carbons (Fsp3) is 0.200. The first-order valence-electron chi connectivity index (χ1n) is 8.51. The van der Waals surface area contributed by atoms with Crippen LogP contribution in [0, 0.1) is 5.92 Å². The van der Waals surface area contributed by atoms with Gasteiger partial charge in [0.05, 0.1) is 20.3 Å². The predicted octanol–water partition coefficient (Wildman–Crippen LogP) is 2.53. The maximum Gasteiger partial charge on any atom is 0.319 e. The van der Waals surface area contributed by atoms with E-state index < -0.39 is 18.0 Å². The Labute approximate surface area is 162 Å². The Morgan fingerprint density at radius 1 is 1.14 bits per heavy atom. The van der Waals surface area contributed by atoms with Gasteiger partial charge in [0, 0.05) is 11.4 Å². The molecule has 0 saturated carbocycles. The normalized spacial score (nSPS) is 18.6. The highest BCUT2D eigenvalue weighted by Crippen LogP contribution is 2.35. The number of methoxy groups -OCH3 is 2. The first-order valence-corrected chi connectivity index (χ1v) is 8.51. The summed E-state index contributed by atoms with van der Waals surface area (Å²) in [5.74, 6) is -0.286. The van der Waals surface area contributed by atoms with E-state index in [1.54, 1.807) is 43.5 Å². The third-order valence-electron chi connectivity index (χ3n) is 4.47. The lowest BCUT2D eigenvalue weighted by Gasteiger charge is -2.34. The standard InChI is InChI=1S/C20H21N3O5/c1-11-17(19(25)22-13-5-7-14(27-2)8-6-13)18(23-20(26)21-11)12-4-9-16(28-3)15(24)10-12/h4-10,17-18,24H,1H2,2-3H3,(H,22,25)(H2,21,23,26)/t17-,18+/m0/s1. The topological polar surface area (TPSA) is 109 Å². The minimum Gasteiger partial charge on any atom is -0.504 e. The molecule has 1 heterocycles. The molecule has 3 rings (SSSR count). The molecule has 1 aliphatic rings. The molecule has 2 atom stereocenters. The van der Waals surface area contributed by atoms with Crippen molar-refractivity contribution < 1.29 is 24.2 Å². The van der Waals surface area contributed by atoms with E-state index in [1.165, 1.54) is 13.2 Å². The van der Waals surface area contributed by atoms with Crippen molar-refractivity contribution >= 4 is 17.6 Å². The smallest absolute Gasteiger partial charge is 0.319 e. The summed E-state index contributed by atoms with van der Waals surface area (Å²) in [6.45, 7) is 3.83. The van der Waals surface area contributed by atoms with Crippen LogP contribution in [0.2, 0.25) is 0 Å². The van der Waals surface area contributed by atoms with Crippen molar-refractivity contribution in [1.82, 2.24) is 10.6 Å². The lowest BCUT2D eigenvalue weighted by atomic mass is 9.88. The molecule has 8 nitrogen and oxygen atoms in total. The molecule has 1 aliphatic heterocycles. The molecule has 1 saturated heterocycles. The maximum absolute atomic E-state index is 12.9. The molecular weight excluding hydrogens is 362 g/mol. The molecule has 0 spiro atoms. The van der Waals surface area contributed by atoms with Crippen molar-refractivity contribution in [3.8, 4) is 17.2 Å². The number of hydrogen-bond acceptors (Lipinski definition) is 5. The molecule has 2 aromatic rings. The molecule has 0 bridgehead atoms. The van der Waals surface area contributed by atoms with Gasteiger partial charge >= 0.3 is 6.03 Å². The van der Waals surface area contributed by atoms with Crippen molar-refractivity contribution in [3.05, 3.63) is 60.3 Å². The first kappa shape index (κ1) is 19.1. The van der Waals surface area contributed by atoms with Gasteiger partial charge in [-0.15, -0.1) is 0 Å². The SMILES string of the molecule is C=C1NC(=O)N[C@H](c2ccc(OC)c(O)c2)[C@H]1C(=O)Nc1ccc(OC)cc1. The summed E-state index contributed by atoms with van der Waals surface area (Å²) < 4.78 is 10.2. The van der Waals surface area contributed by atoms with Crippen LogP contribution in [0.5, 0.6) is 17.2 Å². The number of benzene rings is 2. The van der Waals surface area contributed by atoms with Crippen LogP contribution in [0.25, 0.3) is 0 Å². The molecule has 8 heteroatoms. The van der Waals surface area contributed by atoms with E-state index in [0.29, 0.717) is 22.7 Å². The van der Waals surface area contributed by atoms with Crippen LogP contribution < -0.4 is 25.4 Å². The lowest BCUT2D eigenvalue weighted by Crippen LogP contribution is -2.51. The second-order valence-electron chi connectivity index (χ2n) is 6.23. The molecule has 146 valence electrons. The minimum atomic E-state index is -0.799. The highest BCUT2D eigenvalue weighted by molar-refractivity contribution is 5.97. The number of phenolic OH excluding ortho intramolecular Hbond substituents is 1. The fourth-order valence-electron chi connectivity index (χ4n) is 3.07. The van der Waals surface area contributed by atoms with E-state index in [2.05, 4.69) is 22.5 Å². The summed E-state index contributed by atoms with van der Waals surface area (Å²) >= 11 is 0. The van der Waals surface area contributed by atoms with Crippen LogP contribution in [-0.2, 0) is 4.79 Å². The Morgan fingerprint density at radius 2 is 1.86 bits per heavy atom. The highest BCUT2D eigenvalue weighted by Gasteiger charge is 2.38. The molecule has 0 aliphatic carbocycles. The van der Waals surface area contributed by atoms with Crippen molar-refractivity contribution in [1.29, 1.82) is 0 Å². The average Bonchev–Trinajstić information content (AvgIpc) is 2.67. The zero-order chi connectivity index (χ0) is 20.3. The summed E-state index contributed by atoms with van der Waals surface area (Å²) in [6.07, 6.45) is 0. The van der Waals surface area contributed by atoms with Crippen molar-refractivity contribution in [2.45, 2.75) is 6.04 Å². The number of ether oxygens (including phenoxy) is 2. The Hall–Kier alpha value is -3.68. The zero-order valence-electron chi connectivity index (χ0n) is 15.5. The van der Waals surface area contributed by atoms with Crippen LogP contribution >= 0.6 is 0 Å². The maximum atomic E-state index is 12.9. The van der Waals surface area contributed by atoms with Crippen molar-refractivity contribution in [3.63, 3.8) is 0 Å². The van der Waals surface area contributed by atoms with Gasteiger partial charge in [-0.1, -0.05) is 12.6 Å². The van der Waals surface area contributed by atoms with Gasteiger partial charge in [0.2, 0.25) is 5.91 Å². The van der Waals surface area contributed by atoms with Crippen LogP contribution in [-0.4, -0.2) is 31.3 Å². The lowest BCUT2D eigenvalue weighted by molar-refractivity contribution is -0.119. The average molecular weight is 383 g/mol. The number of carbonyl (C=O) groups is 2. The first-order chi connectivity index (χ1) is 13.4. The molecule has 3 amide bonds. The number of carbonyl (C=O) groups excluding carboxylic acids is 2. The van der Waals surface area contributed by atoms with Crippen LogP contribution in [0.15, 0.2) is 54.7 Å². The van der Waals surface area contributed by atoms with Gasteiger partial charge in [0.25, 0.3) is 0 Å². The molecule has 0 radical (unpaired) electrons. The van der Waals surface area contributed by atoms with E-state index in [4.69, 9.17) is 9.47 Å². The van der Waals surface area contributed by atoms with Crippen molar-refractivity contribution in [2.24, 2.45) is 5.92 Å². The Morgan fingerprint density at radius 3 is 2.46 bits per heavy atom. The van der Waals surface area contributed by atoms with Gasteiger partial charge in [0.15, 0.2) is 11.5 Å². The van der Waals surface area contributed by atoms with Crippen LogP contribution in [0.1, 0.15) is 11.6 Å². The minimum absolute atomic E-state index is 0.0901. The second kappa shape index (κ2) is 7.91. The zero-order valence-corrected chi connectivity index (χ0v) is 15.5. The van der Waals surface area contributed by atoms with Crippen LogP contribution in [0.4, 0.5) is 10.5 Å². The summed E-state index contributed by atoms with van der Waals surface area (Å²) in [7, 11) is 3.00. The number of amides is 3. The summed E-state index contributed by atoms with van der Waals surface area (Å²) in [5.41, 5.74) is 1.38. The molecular formula is C20H21N3O5. The van der Waals surface area contributed by atoms with Crippen LogP contribution in [0.3, 0.4) is 0 Å². The third-order valence-corrected chi connectivity index (χ3v) is 4.47. The number of hydrogen-bond donors (Lipinski definition) is 4. The summed E-state index contributed by atoms with van der Waals surface area (Å²) in [5, 5.41) is 18.1. The van der Waals surface area contributed by atoms with E-state index in [9.17, 15) is 14.7 Å². The van der Waals surface area contributed by atoms with Gasteiger partial charge in [-0.2, -0.15) is 0 Å². The number of nitrogens with one attached hydrogen (secondary N) is 3. The van der Waals surface area contributed by atoms with E-state index in [1.807, 2.05) is 0 Å². The largest absolute Gasteiger partial charge is 0.504 e. The monoisotopic (exact) mass is 383 g/mol. The molecule has 4 N–H and O–H groups in total.